The van der Waals surface area contributed by atoms with Crippen LogP contribution in [0, 0.1) is 0 Å². The number of aliphatic hydroxyl groups excluding tert-OH is 1. The third-order valence-corrected chi connectivity index (χ3v) is 1.57. The summed E-state index contributed by atoms with van der Waals surface area (Å²) in [4.78, 5) is 0. The number of hydrogen-bond donors (Lipinski definition) is 2. The van der Waals surface area contributed by atoms with Gasteiger partial charge in [0.25, 0.3) is 0 Å². The molecule has 0 aliphatic carbocycles. The molecule has 0 saturated carbocycles. The normalized spacial score (nSPS) is 13.4. The topological polar surface area (TPSA) is 77.0 Å². The first-order chi connectivity index (χ1) is 5.25. The van der Waals surface area contributed by atoms with Gasteiger partial charge in [-0.15, -0.1) is 5.10 Å². The van der Waals surface area contributed by atoms with Crippen LogP contribution in [0.5, 0.6) is 0 Å². The molecule has 1 rings (SSSR count). The predicted octanol–water partition coefficient (Wildman–Crippen LogP) is -0.803. The monoisotopic (exact) mass is 156 g/mol. The summed E-state index contributed by atoms with van der Waals surface area (Å²) in [5, 5.41) is 16.0. The smallest absolute Gasteiger partial charge is 0.0751 e. The number of aliphatic hydroxyl groups is 1. The SMILES string of the molecule is Cn1nncc1C(N)CCO. The molecular formula is C6H12N4O. The van der Waals surface area contributed by atoms with Crippen LogP contribution >= 0.6 is 0 Å². The minimum absolute atomic E-state index is 0.0896. The fraction of sp³-hybridized carbons (Fsp3) is 0.667. The second-order valence-electron chi connectivity index (χ2n) is 2.40. The lowest BCUT2D eigenvalue weighted by Gasteiger charge is -2.07. The highest BCUT2D eigenvalue weighted by Crippen LogP contribution is 2.09. The van der Waals surface area contributed by atoms with E-state index in [0.29, 0.717) is 6.42 Å². The summed E-state index contributed by atoms with van der Waals surface area (Å²) in [6.45, 7) is 0.0896. The molecule has 0 saturated heterocycles. The van der Waals surface area contributed by atoms with Gasteiger partial charge in [-0.3, -0.25) is 4.68 Å². The fourth-order valence-corrected chi connectivity index (χ4v) is 0.920. The van der Waals surface area contributed by atoms with Crippen molar-refractivity contribution in [3.05, 3.63) is 11.9 Å². The van der Waals surface area contributed by atoms with E-state index in [1.165, 1.54) is 0 Å². The summed E-state index contributed by atoms with van der Waals surface area (Å²) in [5.74, 6) is 0. The Kier molecular flexibility index (Phi) is 2.56. The molecule has 3 N–H and O–H groups in total. The molecule has 0 aliphatic rings. The van der Waals surface area contributed by atoms with Crippen LogP contribution in [0.15, 0.2) is 6.20 Å². The Morgan fingerprint density at radius 2 is 2.55 bits per heavy atom. The van der Waals surface area contributed by atoms with Crippen LogP contribution in [-0.2, 0) is 7.05 Å². The van der Waals surface area contributed by atoms with Crippen molar-refractivity contribution in [2.45, 2.75) is 12.5 Å². The third kappa shape index (κ3) is 1.75. The molecule has 0 aromatic carbocycles. The maximum atomic E-state index is 8.60. The molecule has 1 heterocycles. The first kappa shape index (κ1) is 8.16. The van der Waals surface area contributed by atoms with Crippen LogP contribution in [0.4, 0.5) is 0 Å². The predicted molar refractivity (Wildman–Crippen MR) is 39.6 cm³/mol. The molecule has 5 heteroatoms. The molecule has 62 valence electrons. The van der Waals surface area contributed by atoms with Gasteiger partial charge >= 0.3 is 0 Å². The number of hydrogen-bond acceptors (Lipinski definition) is 4. The molecule has 11 heavy (non-hydrogen) atoms. The zero-order valence-electron chi connectivity index (χ0n) is 6.44. The van der Waals surface area contributed by atoms with Gasteiger partial charge in [-0.05, 0) is 6.42 Å². The molecule has 0 radical (unpaired) electrons. The number of nitrogens with zero attached hydrogens (tertiary/aromatic N) is 3. The van der Waals surface area contributed by atoms with E-state index >= 15 is 0 Å². The third-order valence-electron chi connectivity index (χ3n) is 1.57. The van der Waals surface area contributed by atoms with Gasteiger partial charge in [0.1, 0.15) is 0 Å². The highest BCUT2D eigenvalue weighted by molar-refractivity contribution is 4.99. The van der Waals surface area contributed by atoms with Crippen molar-refractivity contribution in [3.8, 4) is 0 Å². The van der Waals surface area contributed by atoms with Crippen molar-refractivity contribution in [1.29, 1.82) is 0 Å². The van der Waals surface area contributed by atoms with E-state index in [2.05, 4.69) is 10.3 Å². The summed E-state index contributed by atoms with van der Waals surface area (Å²) in [5.41, 5.74) is 6.54. The second-order valence-corrected chi connectivity index (χ2v) is 2.40. The highest BCUT2D eigenvalue weighted by atomic mass is 16.3. The molecule has 1 unspecified atom stereocenters. The van der Waals surface area contributed by atoms with Crippen molar-refractivity contribution >= 4 is 0 Å². The van der Waals surface area contributed by atoms with E-state index in [1.807, 2.05) is 0 Å². The number of aryl methyl sites for hydroxylation is 1. The van der Waals surface area contributed by atoms with E-state index in [-0.39, 0.29) is 12.6 Å². The Balaban J connectivity index is 2.67. The molecule has 0 bridgehead atoms. The van der Waals surface area contributed by atoms with Gasteiger partial charge in [0.2, 0.25) is 0 Å². The van der Waals surface area contributed by atoms with Gasteiger partial charge in [0.15, 0.2) is 0 Å². The van der Waals surface area contributed by atoms with E-state index in [0.717, 1.165) is 5.69 Å². The molecule has 0 spiro atoms. The maximum Gasteiger partial charge on any atom is 0.0751 e. The molecular weight excluding hydrogens is 144 g/mol. The van der Waals surface area contributed by atoms with Gasteiger partial charge in [-0.1, -0.05) is 5.21 Å². The quantitative estimate of drug-likeness (QED) is 0.600. The summed E-state index contributed by atoms with van der Waals surface area (Å²) in [7, 11) is 1.78. The van der Waals surface area contributed by atoms with Gasteiger partial charge < -0.3 is 10.8 Å². The molecule has 1 aromatic rings. The number of rotatable bonds is 3. The maximum absolute atomic E-state index is 8.60. The number of nitrogens with two attached hydrogens (primary N) is 1. The summed E-state index contributed by atoms with van der Waals surface area (Å²) in [6.07, 6.45) is 2.15. The molecule has 0 amide bonds. The van der Waals surface area contributed by atoms with E-state index < -0.39 is 0 Å². The van der Waals surface area contributed by atoms with Crippen LogP contribution in [0.3, 0.4) is 0 Å². The molecule has 1 atom stereocenters. The fourth-order valence-electron chi connectivity index (χ4n) is 0.920. The van der Waals surface area contributed by atoms with Gasteiger partial charge in [-0.2, -0.15) is 0 Å². The summed E-state index contributed by atoms with van der Waals surface area (Å²) >= 11 is 0. The Morgan fingerprint density at radius 1 is 1.82 bits per heavy atom. The average Bonchev–Trinajstić information content (AvgIpc) is 2.36. The average molecular weight is 156 g/mol. The zero-order valence-corrected chi connectivity index (χ0v) is 6.44. The van der Waals surface area contributed by atoms with Crippen LogP contribution in [0.2, 0.25) is 0 Å². The molecule has 5 nitrogen and oxygen atoms in total. The van der Waals surface area contributed by atoms with Crippen LogP contribution < -0.4 is 5.73 Å². The highest BCUT2D eigenvalue weighted by Gasteiger charge is 2.08. The van der Waals surface area contributed by atoms with Crippen molar-refractivity contribution in [1.82, 2.24) is 15.0 Å². The van der Waals surface area contributed by atoms with Crippen LogP contribution in [0.1, 0.15) is 18.2 Å². The summed E-state index contributed by atoms with van der Waals surface area (Å²) < 4.78 is 1.61. The van der Waals surface area contributed by atoms with Crippen LogP contribution in [-0.4, -0.2) is 26.7 Å². The molecule has 1 aromatic heterocycles. The largest absolute Gasteiger partial charge is 0.396 e. The van der Waals surface area contributed by atoms with Gasteiger partial charge in [0, 0.05) is 13.7 Å². The lowest BCUT2D eigenvalue weighted by atomic mass is 10.2. The van der Waals surface area contributed by atoms with Crippen molar-refractivity contribution in [2.24, 2.45) is 12.8 Å². The standard InChI is InChI=1S/C6H12N4O/c1-10-6(4-8-9-10)5(7)2-3-11/h4-5,11H,2-3,7H2,1H3. The Bertz CT molecular complexity index is 222. The van der Waals surface area contributed by atoms with Gasteiger partial charge in [-0.25, -0.2) is 0 Å². The molecule has 0 aliphatic heterocycles. The van der Waals surface area contributed by atoms with E-state index in [9.17, 15) is 0 Å². The number of aromatic nitrogens is 3. The second kappa shape index (κ2) is 3.45. The van der Waals surface area contributed by atoms with Crippen LogP contribution in [0.25, 0.3) is 0 Å². The minimum Gasteiger partial charge on any atom is -0.396 e. The Labute approximate surface area is 64.8 Å². The zero-order chi connectivity index (χ0) is 8.27. The molecule has 0 fully saturated rings. The van der Waals surface area contributed by atoms with Gasteiger partial charge in [0.05, 0.1) is 17.9 Å². The lowest BCUT2D eigenvalue weighted by molar-refractivity contribution is 0.274. The first-order valence-electron chi connectivity index (χ1n) is 3.46. The Hall–Kier alpha value is -0.940. The van der Waals surface area contributed by atoms with Crippen molar-refractivity contribution < 1.29 is 5.11 Å². The van der Waals surface area contributed by atoms with E-state index in [1.54, 1.807) is 17.9 Å². The lowest BCUT2D eigenvalue weighted by Crippen LogP contribution is -2.15. The minimum atomic E-state index is -0.167. The van der Waals surface area contributed by atoms with Crippen molar-refractivity contribution in [3.63, 3.8) is 0 Å². The van der Waals surface area contributed by atoms with E-state index in [4.69, 9.17) is 10.8 Å². The Morgan fingerprint density at radius 3 is 3.00 bits per heavy atom. The summed E-state index contributed by atoms with van der Waals surface area (Å²) in [6, 6.07) is -0.167. The van der Waals surface area contributed by atoms with Crippen molar-refractivity contribution in [2.75, 3.05) is 6.61 Å². The first-order valence-corrected chi connectivity index (χ1v) is 3.46.